The van der Waals surface area contributed by atoms with Crippen molar-refractivity contribution < 1.29 is 0 Å². The van der Waals surface area contributed by atoms with Gasteiger partial charge in [-0.1, -0.05) is 0 Å². The van der Waals surface area contributed by atoms with Crippen molar-refractivity contribution >= 4 is 22.5 Å². The van der Waals surface area contributed by atoms with Gasteiger partial charge in [-0.05, 0) is 17.7 Å². The lowest BCUT2D eigenvalue weighted by atomic mass is 10.8. The second kappa shape index (κ2) is 2.46. The molecule has 0 radical (unpaired) electrons. The van der Waals surface area contributed by atoms with Crippen molar-refractivity contribution in [3.05, 3.63) is 12.0 Å². The smallest absolute Gasteiger partial charge is 0.103 e. The Morgan fingerprint density at radius 3 is 2.88 bits per heavy atom. The van der Waals surface area contributed by atoms with Crippen molar-refractivity contribution in [2.45, 2.75) is 11.9 Å². The third-order valence-corrected chi connectivity index (χ3v) is 1.77. The van der Waals surface area contributed by atoms with Crippen LogP contribution in [0.15, 0.2) is 11.2 Å². The van der Waals surface area contributed by atoms with Gasteiger partial charge in [0.2, 0.25) is 0 Å². The fraction of sp³-hybridized carbons (Fsp3) is 0.250. The minimum Gasteiger partial charge on any atom is -0.337 e. The fourth-order valence-electron chi connectivity index (χ4n) is 0.445. The molecule has 44 valence electrons. The van der Waals surface area contributed by atoms with Crippen LogP contribution in [0.4, 0.5) is 0 Å². The first-order valence-corrected chi connectivity index (χ1v) is 4.03. The summed E-state index contributed by atoms with van der Waals surface area (Å²) < 4.78 is 0. The second-order valence-electron chi connectivity index (χ2n) is 1.42. The number of rotatable bonds is 1. The minimum atomic E-state index is 0.932. The summed E-state index contributed by atoms with van der Waals surface area (Å²) in [4.78, 5) is 6.96. The molecule has 1 heterocycles. The first kappa shape index (κ1) is 6.04. The molecule has 0 amide bonds. The van der Waals surface area contributed by atoms with Crippen molar-refractivity contribution in [2.75, 3.05) is 0 Å². The average Bonchev–Trinajstić information content (AvgIpc) is 2.14. The molecule has 1 aromatic heterocycles. The SMILES string of the molecule is Cc1ncc(SS)[nH]1. The average molecular weight is 146 g/mol. The summed E-state index contributed by atoms with van der Waals surface area (Å²) in [5.41, 5.74) is 0. The van der Waals surface area contributed by atoms with Crippen LogP contribution in [0.5, 0.6) is 0 Å². The number of hydrogen-bond donors (Lipinski definition) is 2. The molecule has 0 aromatic carbocycles. The number of aromatic nitrogens is 2. The zero-order chi connectivity index (χ0) is 5.98. The highest BCUT2D eigenvalue weighted by atomic mass is 33.1. The van der Waals surface area contributed by atoms with Crippen LogP contribution in [0, 0.1) is 6.92 Å². The molecule has 1 rings (SSSR count). The predicted octanol–water partition coefficient (Wildman–Crippen LogP) is 1.66. The van der Waals surface area contributed by atoms with Gasteiger partial charge in [0, 0.05) is 0 Å². The van der Waals surface area contributed by atoms with Crippen molar-refractivity contribution in [1.82, 2.24) is 9.97 Å². The van der Waals surface area contributed by atoms with E-state index in [9.17, 15) is 0 Å². The van der Waals surface area contributed by atoms with Crippen LogP contribution in [-0.4, -0.2) is 9.97 Å². The first-order chi connectivity index (χ1) is 3.83. The molecule has 0 fully saturated rings. The molecule has 1 aromatic rings. The summed E-state index contributed by atoms with van der Waals surface area (Å²) in [6.45, 7) is 1.91. The molecule has 0 aliphatic carbocycles. The van der Waals surface area contributed by atoms with E-state index in [2.05, 4.69) is 21.6 Å². The number of imidazole rings is 1. The van der Waals surface area contributed by atoms with Crippen LogP contribution >= 0.6 is 22.5 Å². The van der Waals surface area contributed by atoms with E-state index in [0.717, 1.165) is 10.9 Å². The topological polar surface area (TPSA) is 28.7 Å². The number of hydrogen-bond acceptors (Lipinski definition) is 3. The maximum atomic E-state index is 3.97. The van der Waals surface area contributed by atoms with Crippen LogP contribution in [0.1, 0.15) is 5.82 Å². The summed E-state index contributed by atoms with van der Waals surface area (Å²) >= 11 is 3.97. The van der Waals surface area contributed by atoms with Gasteiger partial charge in [-0.25, -0.2) is 4.98 Å². The number of nitrogens with zero attached hydrogens (tertiary/aromatic N) is 1. The van der Waals surface area contributed by atoms with E-state index in [1.807, 2.05) is 6.92 Å². The maximum Gasteiger partial charge on any atom is 0.103 e. The van der Waals surface area contributed by atoms with Crippen molar-refractivity contribution in [1.29, 1.82) is 0 Å². The molecule has 2 nitrogen and oxygen atoms in total. The third kappa shape index (κ3) is 1.20. The Bertz CT molecular complexity index is 172. The largest absolute Gasteiger partial charge is 0.337 e. The van der Waals surface area contributed by atoms with Gasteiger partial charge < -0.3 is 4.98 Å². The van der Waals surface area contributed by atoms with Crippen LogP contribution in [0.2, 0.25) is 0 Å². The molecular weight excluding hydrogens is 140 g/mol. The molecule has 8 heavy (non-hydrogen) atoms. The van der Waals surface area contributed by atoms with Crippen molar-refractivity contribution in [3.8, 4) is 0 Å². The summed E-state index contributed by atoms with van der Waals surface area (Å²) in [7, 11) is 1.37. The molecule has 0 bridgehead atoms. The lowest BCUT2D eigenvalue weighted by molar-refractivity contribution is 1.10. The van der Waals surface area contributed by atoms with Crippen molar-refractivity contribution in [2.24, 2.45) is 0 Å². The van der Waals surface area contributed by atoms with E-state index >= 15 is 0 Å². The zero-order valence-electron chi connectivity index (χ0n) is 4.38. The van der Waals surface area contributed by atoms with Crippen LogP contribution < -0.4 is 0 Å². The van der Waals surface area contributed by atoms with E-state index in [1.54, 1.807) is 6.20 Å². The van der Waals surface area contributed by atoms with Gasteiger partial charge in [-0.15, -0.1) is 11.7 Å². The number of H-pyrrole nitrogens is 1. The monoisotopic (exact) mass is 146 g/mol. The molecule has 0 saturated carbocycles. The molecule has 1 N–H and O–H groups in total. The quantitative estimate of drug-likeness (QED) is 0.466. The standard InChI is InChI=1S/C4H6N2S2/c1-3-5-2-4(6-3)8-7/h2,7H,1H3,(H,5,6). The summed E-state index contributed by atoms with van der Waals surface area (Å²) in [6, 6.07) is 0. The fourth-order valence-corrected chi connectivity index (χ4v) is 1.02. The van der Waals surface area contributed by atoms with Gasteiger partial charge in [0.25, 0.3) is 0 Å². The highest BCUT2D eigenvalue weighted by Gasteiger charge is 1.90. The molecule has 0 aliphatic rings. The third-order valence-electron chi connectivity index (χ3n) is 0.778. The molecule has 0 aliphatic heterocycles. The Hall–Kier alpha value is -0.0900. The lowest BCUT2D eigenvalue weighted by Crippen LogP contribution is -1.69. The predicted molar refractivity (Wildman–Crippen MR) is 38.2 cm³/mol. The number of aryl methyl sites for hydroxylation is 1. The van der Waals surface area contributed by atoms with E-state index in [0.29, 0.717) is 0 Å². The first-order valence-electron chi connectivity index (χ1n) is 2.16. The number of nitrogens with one attached hydrogen (secondary N) is 1. The molecule has 0 unspecified atom stereocenters. The summed E-state index contributed by atoms with van der Waals surface area (Å²) in [6.07, 6.45) is 1.76. The van der Waals surface area contributed by atoms with Gasteiger partial charge in [0.05, 0.1) is 6.20 Å². The van der Waals surface area contributed by atoms with Crippen LogP contribution in [0.25, 0.3) is 0 Å². The Kier molecular flexibility index (Phi) is 1.85. The van der Waals surface area contributed by atoms with Gasteiger partial charge in [0.15, 0.2) is 0 Å². The van der Waals surface area contributed by atoms with Crippen molar-refractivity contribution in [3.63, 3.8) is 0 Å². The van der Waals surface area contributed by atoms with E-state index in [4.69, 9.17) is 0 Å². The van der Waals surface area contributed by atoms with Gasteiger partial charge in [-0.3, -0.25) is 0 Å². The molecule has 4 heteroatoms. The summed E-state index contributed by atoms with van der Waals surface area (Å²) in [5, 5.41) is 0.992. The lowest BCUT2D eigenvalue weighted by Gasteiger charge is -1.80. The maximum absolute atomic E-state index is 3.97. The van der Waals surface area contributed by atoms with Gasteiger partial charge in [0.1, 0.15) is 10.9 Å². The van der Waals surface area contributed by atoms with Gasteiger partial charge in [-0.2, -0.15) is 0 Å². The zero-order valence-corrected chi connectivity index (χ0v) is 6.09. The molecule has 0 atom stereocenters. The number of aromatic amines is 1. The minimum absolute atomic E-state index is 0.932. The second-order valence-corrected chi connectivity index (χ2v) is 2.59. The van der Waals surface area contributed by atoms with Gasteiger partial charge >= 0.3 is 0 Å². The normalized spacial score (nSPS) is 9.75. The van der Waals surface area contributed by atoms with E-state index < -0.39 is 0 Å². The van der Waals surface area contributed by atoms with Crippen LogP contribution in [0.3, 0.4) is 0 Å². The molecule has 0 spiro atoms. The Balaban J connectivity index is 2.84. The highest BCUT2D eigenvalue weighted by molar-refractivity contribution is 8.68. The highest BCUT2D eigenvalue weighted by Crippen LogP contribution is 2.17. The Morgan fingerprint density at radius 2 is 2.62 bits per heavy atom. The van der Waals surface area contributed by atoms with Crippen LogP contribution in [-0.2, 0) is 0 Å². The van der Waals surface area contributed by atoms with E-state index in [-0.39, 0.29) is 0 Å². The molecular formula is C4H6N2S2. The number of thiol groups is 1. The molecule has 0 saturated heterocycles. The Labute approximate surface area is 56.9 Å². The summed E-state index contributed by atoms with van der Waals surface area (Å²) in [5.74, 6) is 0.932. The Morgan fingerprint density at radius 1 is 1.88 bits per heavy atom. The van der Waals surface area contributed by atoms with E-state index in [1.165, 1.54) is 10.8 Å².